The maximum Gasteiger partial charge on any atom is 0.0618 e. The van der Waals surface area contributed by atoms with Crippen molar-refractivity contribution in [2.45, 2.75) is 38.8 Å². The van der Waals surface area contributed by atoms with Gasteiger partial charge >= 0.3 is 0 Å². The molecular weight excluding hydrogens is 280 g/mol. The van der Waals surface area contributed by atoms with Gasteiger partial charge in [0.1, 0.15) is 0 Å². The normalized spacial score (nSPS) is 26.7. The number of likely N-dealkylation sites (N-methyl/N-ethyl adjacent to an activating group) is 1. The first-order valence-electron chi connectivity index (χ1n) is 8.07. The number of aryl methyl sites for hydroxylation is 1. The molecule has 0 saturated carbocycles. The van der Waals surface area contributed by atoms with E-state index in [0.29, 0.717) is 11.5 Å². The number of rotatable bonds is 4. The fourth-order valence-electron chi connectivity index (χ4n) is 4.10. The van der Waals surface area contributed by atoms with E-state index in [2.05, 4.69) is 35.9 Å². The SMILES string of the molecule is COCC1CC2(CCN(Cc3ccc(C)s3)CC2)CN1C. The number of methoxy groups -OCH3 is 1. The summed E-state index contributed by atoms with van der Waals surface area (Å²) in [5, 5.41) is 0. The van der Waals surface area contributed by atoms with Gasteiger partial charge in [-0.3, -0.25) is 4.90 Å². The number of nitrogens with zero attached hydrogens (tertiary/aromatic N) is 2. The van der Waals surface area contributed by atoms with Crippen LogP contribution in [0.25, 0.3) is 0 Å². The standard InChI is InChI=1S/C17H28N2OS/c1-14-4-5-16(21-14)11-19-8-6-17(7-9-19)10-15(12-20-3)18(2)13-17/h4-5,15H,6-13H2,1-3H3. The lowest BCUT2D eigenvalue weighted by atomic mass is 9.76. The van der Waals surface area contributed by atoms with Crippen LogP contribution in [0.4, 0.5) is 0 Å². The van der Waals surface area contributed by atoms with E-state index in [0.717, 1.165) is 13.2 Å². The summed E-state index contributed by atoms with van der Waals surface area (Å²) < 4.78 is 5.38. The van der Waals surface area contributed by atoms with Crippen LogP contribution in [0.3, 0.4) is 0 Å². The van der Waals surface area contributed by atoms with Crippen molar-refractivity contribution in [3.8, 4) is 0 Å². The lowest BCUT2D eigenvalue weighted by Crippen LogP contribution is -2.40. The van der Waals surface area contributed by atoms with E-state index in [1.165, 1.54) is 48.7 Å². The van der Waals surface area contributed by atoms with Crippen molar-refractivity contribution < 1.29 is 4.74 Å². The first kappa shape index (κ1) is 15.5. The van der Waals surface area contributed by atoms with Crippen LogP contribution in [-0.2, 0) is 11.3 Å². The third kappa shape index (κ3) is 3.50. The van der Waals surface area contributed by atoms with Crippen LogP contribution in [0, 0.1) is 12.3 Å². The second-order valence-corrected chi connectivity index (χ2v) is 8.39. The highest BCUT2D eigenvalue weighted by molar-refractivity contribution is 7.11. The number of hydrogen-bond acceptors (Lipinski definition) is 4. The van der Waals surface area contributed by atoms with Crippen LogP contribution < -0.4 is 0 Å². The molecule has 4 heteroatoms. The van der Waals surface area contributed by atoms with Gasteiger partial charge in [0.15, 0.2) is 0 Å². The largest absolute Gasteiger partial charge is 0.383 e. The van der Waals surface area contributed by atoms with Crippen LogP contribution in [0.5, 0.6) is 0 Å². The molecule has 0 aliphatic carbocycles. The predicted molar refractivity (Wildman–Crippen MR) is 88.9 cm³/mol. The quantitative estimate of drug-likeness (QED) is 0.850. The van der Waals surface area contributed by atoms with Crippen LogP contribution in [0.1, 0.15) is 29.0 Å². The number of ether oxygens (including phenoxy) is 1. The van der Waals surface area contributed by atoms with Crippen LogP contribution >= 0.6 is 11.3 Å². The molecule has 118 valence electrons. The predicted octanol–water partition coefficient (Wildman–Crippen LogP) is 2.99. The summed E-state index contributed by atoms with van der Waals surface area (Å²) in [5.74, 6) is 0. The highest BCUT2D eigenvalue weighted by Crippen LogP contribution is 2.43. The zero-order valence-electron chi connectivity index (χ0n) is 13.6. The topological polar surface area (TPSA) is 15.7 Å². The minimum atomic E-state index is 0.555. The van der Waals surface area contributed by atoms with Crippen LogP contribution in [0.2, 0.25) is 0 Å². The van der Waals surface area contributed by atoms with Crippen molar-refractivity contribution >= 4 is 11.3 Å². The Kier molecular flexibility index (Phi) is 4.69. The molecule has 2 aliphatic heterocycles. The molecule has 0 radical (unpaired) electrons. The Morgan fingerprint density at radius 1 is 1.33 bits per heavy atom. The third-order valence-corrected chi connectivity index (χ3v) is 6.31. The van der Waals surface area contributed by atoms with Crippen molar-refractivity contribution in [1.82, 2.24) is 9.80 Å². The van der Waals surface area contributed by atoms with E-state index >= 15 is 0 Å². The Morgan fingerprint density at radius 3 is 2.71 bits per heavy atom. The van der Waals surface area contributed by atoms with Gasteiger partial charge in [0.25, 0.3) is 0 Å². The average Bonchev–Trinajstić information content (AvgIpc) is 2.98. The molecule has 1 aromatic rings. The van der Waals surface area contributed by atoms with Crippen LogP contribution in [0.15, 0.2) is 12.1 Å². The van der Waals surface area contributed by atoms with E-state index in [-0.39, 0.29) is 0 Å². The molecule has 2 aliphatic rings. The lowest BCUT2D eigenvalue weighted by Gasteiger charge is -2.39. The maximum absolute atomic E-state index is 5.38. The Hall–Kier alpha value is -0.420. The van der Waals surface area contributed by atoms with Gasteiger partial charge in [-0.25, -0.2) is 0 Å². The second-order valence-electron chi connectivity index (χ2n) is 7.02. The van der Waals surface area contributed by atoms with Gasteiger partial charge in [-0.1, -0.05) is 0 Å². The van der Waals surface area contributed by atoms with Gasteiger partial charge in [0.2, 0.25) is 0 Å². The van der Waals surface area contributed by atoms with Gasteiger partial charge in [-0.15, -0.1) is 11.3 Å². The average molecular weight is 308 g/mol. The Morgan fingerprint density at radius 2 is 2.10 bits per heavy atom. The van der Waals surface area contributed by atoms with E-state index < -0.39 is 0 Å². The van der Waals surface area contributed by atoms with E-state index in [1.54, 1.807) is 0 Å². The molecule has 1 spiro atoms. The van der Waals surface area contributed by atoms with Gasteiger partial charge < -0.3 is 9.64 Å². The first-order chi connectivity index (χ1) is 10.1. The van der Waals surface area contributed by atoms with Gasteiger partial charge in [-0.2, -0.15) is 0 Å². The van der Waals surface area contributed by atoms with Gasteiger partial charge in [0.05, 0.1) is 6.61 Å². The maximum atomic E-state index is 5.38. The first-order valence-corrected chi connectivity index (χ1v) is 8.89. The molecular formula is C17H28N2OS. The Balaban J connectivity index is 1.53. The van der Waals surface area contributed by atoms with Crippen molar-refractivity contribution in [3.63, 3.8) is 0 Å². The third-order valence-electron chi connectivity index (χ3n) is 5.33. The summed E-state index contributed by atoms with van der Waals surface area (Å²) in [4.78, 5) is 8.10. The van der Waals surface area contributed by atoms with E-state index in [9.17, 15) is 0 Å². The number of thiophene rings is 1. The molecule has 21 heavy (non-hydrogen) atoms. The zero-order chi connectivity index (χ0) is 14.9. The molecule has 3 nitrogen and oxygen atoms in total. The summed E-state index contributed by atoms with van der Waals surface area (Å²) in [6.45, 7) is 7.99. The summed E-state index contributed by atoms with van der Waals surface area (Å²) in [6.07, 6.45) is 4.02. The molecule has 1 atom stereocenters. The fraction of sp³-hybridized carbons (Fsp3) is 0.765. The summed E-state index contributed by atoms with van der Waals surface area (Å²) in [5.41, 5.74) is 0.555. The molecule has 0 amide bonds. The molecule has 0 bridgehead atoms. The molecule has 1 unspecified atom stereocenters. The highest BCUT2D eigenvalue weighted by atomic mass is 32.1. The zero-order valence-corrected chi connectivity index (χ0v) is 14.4. The van der Waals surface area contributed by atoms with Crippen molar-refractivity contribution in [1.29, 1.82) is 0 Å². The van der Waals surface area contributed by atoms with Gasteiger partial charge in [-0.05, 0) is 63.9 Å². The number of piperidine rings is 1. The molecule has 0 aromatic carbocycles. The number of hydrogen-bond donors (Lipinski definition) is 0. The molecule has 3 heterocycles. The molecule has 0 N–H and O–H groups in total. The van der Waals surface area contributed by atoms with E-state index in [4.69, 9.17) is 4.74 Å². The van der Waals surface area contributed by atoms with Crippen LogP contribution in [-0.4, -0.2) is 56.2 Å². The monoisotopic (exact) mass is 308 g/mol. The molecule has 3 rings (SSSR count). The Bertz CT molecular complexity index is 465. The van der Waals surface area contributed by atoms with Gasteiger partial charge in [0, 0.05) is 36.0 Å². The molecule has 2 saturated heterocycles. The van der Waals surface area contributed by atoms with E-state index in [1.807, 2.05) is 18.4 Å². The van der Waals surface area contributed by atoms with Crippen molar-refractivity contribution in [2.24, 2.45) is 5.41 Å². The summed E-state index contributed by atoms with van der Waals surface area (Å²) in [6, 6.07) is 5.16. The number of likely N-dealkylation sites (tertiary alicyclic amines) is 2. The summed E-state index contributed by atoms with van der Waals surface area (Å²) in [7, 11) is 4.09. The highest BCUT2D eigenvalue weighted by Gasteiger charge is 2.43. The van der Waals surface area contributed by atoms with Crippen molar-refractivity contribution in [2.75, 3.05) is 40.4 Å². The smallest absolute Gasteiger partial charge is 0.0618 e. The minimum Gasteiger partial charge on any atom is -0.383 e. The second kappa shape index (κ2) is 6.37. The lowest BCUT2D eigenvalue weighted by molar-refractivity contribution is 0.105. The van der Waals surface area contributed by atoms with Crippen molar-refractivity contribution in [3.05, 3.63) is 21.9 Å². The molecule has 1 aromatic heterocycles. The Labute approximate surface area is 132 Å². The minimum absolute atomic E-state index is 0.555. The summed E-state index contributed by atoms with van der Waals surface area (Å²) >= 11 is 1.95. The molecule has 2 fully saturated rings. The fourth-order valence-corrected chi connectivity index (χ4v) is 5.03.